The van der Waals surface area contributed by atoms with Gasteiger partial charge in [0.1, 0.15) is 11.5 Å². The average Bonchev–Trinajstić information content (AvgIpc) is 3.18. The molecule has 0 radical (unpaired) electrons. The molecule has 0 aliphatic carbocycles. The van der Waals surface area contributed by atoms with Gasteiger partial charge < -0.3 is 5.32 Å². The van der Waals surface area contributed by atoms with Crippen LogP contribution >= 0.6 is 0 Å². The Morgan fingerprint density at radius 3 is 2.65 bits per heavy atom. The molecule has 0 fully saturated rings. The first-order valence-corrected chi connectivity index (χ1v) is 8.54. The highest BCUT2D eigenvalue weighted by Gasteiger charge is 2.16. The van der Waals surface area contributed by atoms with Gasteiger partial charge in [-0.3, -0.25) is 14.6 Å². The summed E-state index contributed by atoms with van der Waals surface area (Å²) in [5.74, 6) is -0.432. The number of aryl methyl sites for hydroxylation is 3. The normalized spacial score (nSPS) is 10.9. The van der Waals surface area contributed by atoms with E-state index >= 15 is 0 Å². The van der Waals surface area contributed by atoms with E-state index in [1.807, 2.05) is 20.9 Å². The lowest BCUT2D eigenvalue weighted by molar-refractivity contribution is 0.0948. The van der Waals surface area contributed by atoms with E-state index in [-0.39, 0.29) is 11.7 Å². The zero-order valence-electron chi connectivity index (χ0n) is 15.1. The first-order valence-electron chi connectivity index (χ1n) is 8.54. The summed E-state index contributed by atoms with van der Waals surface area (Å²) >= 11 is 0. The molecular weight excluding hydrogens is 333 g/mol. The number of hydrogen-bond donors (Lipinski definition) is 2. The Hall–Kier alpha value is -2.96. The van der Waals surface area contributed by atoms with Gasteiger partial charge in [0, 0.05) is 24.8 Å². The lowest BCUT2D eigenvalue weighted by Gasteiger charge is -2.04. The van der Waals surface area contributed by atoms with Gasteiger partial charge in [0.2, 0.25) is 0 Å². The Morgan fingerprint density at radius 2 is 2.00 bits per heavy atom. The van der Waals surface area contributed by atoms with Crippen LogP contribution in [0.5, 0.6) is 0 Å². The van der Waals surface area contributed by atoms with E-state index in [4.69, 9.17) is 0 Å². The van der Waals surface area contributed by atoms with Crippen LogP contribution in [0.3, 0.4) is 0 Å². The first kappa shape index (κ1) is 17.8. The van der Waals surface area contributed by atoms with E-state index in [1.54, 1.807) is 22.9 Å². The molecule has 136 valence electrons. The molecule has 0 aliphatic rings. The molecule has 6 nitrogen and oxygen atoms in total. The summed E-state index contributed by atoms with van der Waals surface area (Å²) in [4.78, 5) is 12.3. The molecular formula is C19H22FN5O. The van der Waals surface area contributed by atoms with Crippen molar-refractivity contribution in [3.05, 3.63) is 58.8 Å². The topological polar surface area (TPSA) is 75.6 Å². The highest BCUT2D eigenvalue weighted by Crippen LogP contribution is 2.25. The van der Waals surface area contributed by atoms with Crippen LogP contribution in [0.25, 0.3) is 11.3 Å². The molecule has 1 amide bonds. The molecule has 2 aromatic heterocycles. The minimum absolute atomic E-state index is 0.193. The smallest absolute Gasteiger partial charge is 0.269 e. The number of nitrogens with zero attached hydrogens (tertiary/aromatic N) is 3. The fraction of sp³-hybridized carbons (Fsp3) is 0.316. The number of carbonyl (C=O) groups excluding carboxylic acids is 1. The quantitative estimate of drug-likeness (QED) is 0.668. The van der Waals surface area contributed by atoms with Crippen molar-refractivity contribution >= 4 is 5.91 Å². The minimum Gasteiger partial charge on any atom is -0.351 e. The summed E-state index contributed by atoms with van der Waals surface area (Å²) in [6.45, 7) is 4.43. The summed E-state index contributed by atoms with van der Waals surface area (Å²) in [6, 6.07) is 8.16. The van der Waals surface area contributed by atoms with Crippen LogP contribution in [0, 0.1) is 19.7 Å². The van der Waals surface area contributed by atoms with Crippen LogP contribution in [0.1, 0.15) is 33.9 Å². The monoisotopic (exact) mass is 355 g/mol. The van der Waals surface area contributed by atoms with Crippen LogP contribution in [0.4, 0.5) is 4.39 Å². The number of halogens is 1. The summed E-state index contributed by atoms with van der Waals surface area (Å²) < 4.78 is 14.7. The van der Waals surface area contributed by atoms with Gasteiger partial charge in [0.15, 0.2) is 0 Å². The number of hydrogen-bond acceptors (Lipinski definition) is 3. The number of carbonyl (C=O) groups is 1. The second kappa shape index (κ2) is 7.51. The maximum Gasteiger partial charge on any atom is 0.269 e. The second-order valence-electron chi connectivity index (χ2n) is 6.32. The van der Waals surface area contributed by atoms with Crippen molar-refractivity contribution in [3.63, 3.8) is 0 Å². The molecule has 0 unspecified atom stereocenters. The Kier molecular flexibility index (Phi) is 5.16. The number of H-pyrrole nitrogens is 1. The Balaban J connectivity index is 1.56. The maximum absolute atomic E-state index is 12.9. The molecule has 0 bridgehead atoms. The maximum atomic E-state index is 12.9. The molecule has 1 aromatic carbocycles. The Labute approximate surface area is 151 Å². The molecule has 0 spiro atoms. The van der Waals surface area contributed by atoms with E-state index in [0.717, 1.165) is 35.4 Å². The lowest BCUT2D eigenvalue weighted by Crippen LogP contribution is -2.25. The van der Waals surface area contributed by atoms with Crippen molar-refractivity contribution in [2.45, 2.75) is 26.7 Å². The van der Waals surface area contributed by atoms with E-state index in [9.17, 15) is 9.18 Å². The van der Waals surface area contributed by atoms with Crippen molar-refractivity contribution in [1.82, 2.24) is 25.3 Å². The number of nitrogens with one attached hydrogen (secondary N) is 2. The third-order valence-corrected chi connectivity index (χ3v) is 4.43. The highest BCUT2D eigenvalue weighted by molar-refractivity contribution is 5.93. The predicted octanol–water partition coefficient (Wildman–Crippen LogP) is 2.93. The van der Waals surface area contributed by atoms with Gasteiger partial charge in [-0.1, -0.05) is 12.1 Å². The summed E-state index contributed by atoms with van der Waals surface area (Å²) in [5, 5.41) is 14.3. The van der Waals surface area contributed by atoms with Gasteiger partial charge in [-0.2, -0.15) is 10.2 Å². The standard InChI is InChI=1S/C19H22FN5O/c1-12-18(13(2)25(3)24-12)16-11-17(23-22-16)19(26)21-10-4-5-14-6-8-15(20)9-7-14/h6-9,11H,4-5,10H2,1-3H3,(H,21,26)(H,22,23). The van der Waals surface area contributed by atoms with Crippen LogP contribution in [0.2, 0.25) is 0 Å². The molecule has 2 heterocycles. The number of benzene rings is 1. The van der Waals surface area contributed by atoms with Gasteiger partial charge in [-0.05, 0) is 50.5 Å². The largest absolute Gasteiger partial charge is 0.351 e. The molecule has 7 heteroatoms. The van der Waals surface area contributed by atoms with Crippen molar-refractivity contribution in [2.75, 3.05) is 6.54 Å². The number of aromatic amines is 1. The molecule has 2 N–H and O–H groups in total. The summed E-state index contributed by atoms with van der Waals surface area (Å²) in [5.41, 5.74) is 5.00. The zero-order chi connectivity index (χ0) is 18.7. The van der Waals surface area contributed by atoms with Crippen molar-refractivity contribution < 1.29 is 9.18 Å². The SMILES string of the molecule is Cc1nn(C)c(C)c1-c1cc(C(=O)NCCCc2ccc(F)cc2)[nH]n1. The minimum atomic E-state index is -0.240. The summed E-state index contributed by atoms with van der Waals surface area (Å²) in [7, 11) is 1.88. The molecule has 0 saturated heterocycles. The van der Waals surface area contributed by atoms with Crippen LogP contribution in [-0.2, 0) is 13.5 Å². The Morgan fingerprint density at radius 1 is 1.27 bits per heavy atom. The molecule has 3 rings (SSSR count). The molecule has 0 saturated carbocycles. The van der Waals surface area contributed by atoms with Crippen LogP contribution in [0.15, 0.2) is 30.3 Å². The van der Waals surface area contributed by atoms with Crippen molar-refractivity contribution in [3.8, 4) is 11.3 Å². The second-order valence-corrected chi connectivity index (χ2v) is 6.32. The van der Waals surface area contributed by atoms with Gasteiger partial charge in [-0.15, -0.1) is 0 Å². The molecule has 26 heavy (non-hydrogen) atoms. The molecule has 3 aromatic rings. The third-order valence-electron chi connectivity index (χ3n) is 4.43. The van der Waals surface area contributed by atoms with Gasteiger partial charge >= 0.3 is 0 Å². The van der Waals surface area contributed by atoms with Gasteiger partial charge in [0.25, 0.3) is 5.91 Å². The van der Waals surface area contributed by atoms with Crippen molar-refractivity contribution in [2.24, 2.45) is 7.05 Å². The van der Waals surface area contributed by atoms with Crippen LogP contribution < -0.4 is 5.32 Å². The molecule has 0 atom stereocenters. The number of amides is 1. The van der Waals surface area contributed by atoms with E-state index < -0.39 is 0 Å². The number of rotatable bonds is 6. The Bertz CT molecular complexity index is 911. The zero-order valence-corrected chi connectivity index (χ0v) is 15.1. The number of aromatic nitrogens is 4. The third kappa shape index (κ3) is 3.82. The lowest BCUT2D eigenvalue weighted by atomic mass is 10.1. The van der Waals surface area contributed by atoms with E-state index in [2.05, 4.69) is 20.6 Å². The van der Waals surface area contributed by atoms with Crippen molar-refractivity contribution in [1.29, 1.82) is 0 Å². The van der Waals surface area contributed by atoms with Gasteiger partial charge in [-0.25, -0.2) is 4.39 Å². The van der Waals surface area contributed by atoms with E-state index in [0.29, 0.717) is 17.9 Å². The highest BCUT2D eigenvalue weighted by atomic mass is 19.1. The predicted molar refractivity (Wildman–Crippen MR) is 97.3 cm³/mol. The first-order chi connectivity index (χ1) is 12.5. The fourth-order valence-corrected chi connectivity index (χ4v) is 2.95. The summed E-state index contributed by atoms with van der Waals surface area (Å²) in [6.07, 6.45) is 1.56. The fourth-order valence-electron chi connectivity index (χ4n) is 2.95. The van der Waals surface area contributed by atoms with Gasteiger partial charge in [0.05, 0.1) is 11.4 Å². The average molecular weight is 355 g/mol. The van der Waals surface area contributed by atoms with E-state index in [1.165, 1.54) is 12.1 Å². The molecule has 0 aliphatic heterocycles. The van der Waals surface area contributed by atoms with Crippen LogP contribution in [-0.4, -0.2) is 32.4 Å².